The third-order valence-electron chi connectivity index (χ3n) is 14.5. The van der Waals surface area contributed by atoms with Gasteiger partial charge < -0.3 is 49.1 Å². The van der Waals surface area contributed by atoms with Crippen molar-refractivity contribution in [3.05, 3.63) is 118 Å². The molecule has 1 amide bonds. The first-order valence-corrected chi connectivity index (χ1v) is 21.8. The lowest BCUT2D eigenvalue weighted by Crippen LogP contribution is -2.82. The van der Waals surface area contributed by atoms with Crippen molar-refractivity contribution < 1.29 is 72.5 Å². The topological polar surface area (TPSA) is 231 Å². The molecule has 1 spiro atoms. The molecule has 11 unspecified atom stereocenters. The quantitative estimate of drug-likeness (QED) is 0.155. The van der Waals surface area contributed by atoms with Crippen LogP contribution < -0.4 is 10.1 Å². The van der Waals surface area contributed by atoms with Crippen LogP contribution in [-0.4, -0.2) is 112 Å². The van der Waals surface area contributed by atoms with Gasteiger partial charge >= 0.3 is 23.9 Å². The number of amides is 1. The Morgan fingerprint density at radius 1 is 0.894 bits per heavy atom. The van der Waals surface area contributed by atoms with Crippen LogP contribution in [0.5, 0.6) is 5.75 Å². The molecule has 2 aliphatic heterocycles. The van der Waals surface area contributed by atoms with Crippen molar-refractivity contribution in [3.63, 3.8) is 0 Å². The summed E-state index contributed by atoms with van der Waals surface area (Å²) in [6.07, 6.45) is -8.20. The Balaban J connectivity index is 1.37. The van der Waals surface area contributed by atoms with Gasteiger partial charge in [-0.3, -0.25) is 19.2 Å². The number of benzene rings is 3. The van der Waals surface area contributed by atoms with Gasteiger partial charge in [-0.05, 0) is 66.5 Å². The van der Waals surface area contributed by atoms with E-state index in [4.69, 9.17) is 28.4 Å². The second-order valence-electron chi connectivity index (χ2n) is 18.4. The van der Waals surface area contributed by atoms with Crippen molar-refractivity contribution in [3.8, 4) is 5.75 Å². The first kappa shape index (κ1) is 46.3. The third-order valence-corrected chi connectivity index (χ3v) is 14.5. The highest BCUT2D eigenvalue weighted by atomic mass is 16.6. The Bertz CT molecular complexity index is 2530. The monoisotopic (exact) mass is 907 g/mol. The molecule has 4 N–H and O–H groups in total. The molecule has 3 fully saturated rings. The van der Waals surface area contributed by atoms with Crippen molar-refractivity contribution in [2.45, 2.75) is 108 Å². The van der Waals surface area contributed by atoms with Crippen LogP contribution in [0, 0.1) is 16.7 Å². The molecule has 2 heterocycles. The molecule has 348 valence electrons. The molecule has 1 saturated heterocycles. The van der Waals surface area contributed by atoms with Crippen molar-refractivity contribution in [2.75, 3.05) is 13.7 Å². The number of ketones is 1. The number of Topliss-reactive ketones (excluding diaryl/α,β-unsaturated/α-hetero) is 1. The predicted molar refractivity (Wildman–Crippen MR) is 232 cm³/mol. The van der Waals surface area contributed by atoms with Crippen LogP contribution in [-0.2, 0) is 42.9 Å². The number of hydrogen-bond acceptors (Lipinski definition) is 15. The number of fused-ring (bicyclic) bond motifs is 3. The normalized spacial score (nSPS) is 33.6. The zero-order valence-corrected chi connectivity index (χ0v) is 37.3. The van der Waals surface area contributed by atoms with Crippen LogP contribution in [0.1, 0.15) is 91.8 Å². The number of hydrogen-bond donors (Lipinski definition) is 4. The Labute approximate surface area is 380 Å². The summed E-state index contributed by atoms with van der Waals surface area (Å²) < 4.78 is 36.4. The Kier molecular flexibility index (Phi) is 12.1. The van der Waals surface area contributed by atoms with Gasteiger partial charge in [0.2, 0.25) is 0 Å². The van der Waals surface area contributed by atoms with E-state index in [1.54, 1.807) is 86.7 Å². The lowest BCUT2D eigenvalue weighted by Gasteiger charge is -2.67. The number of esters is 4. The van der Waals surface area contributed by atoms with Gasteiger partial charge in [0.1, 0.15) is 29.7 Å². The number of rotatable bonds is 6. The van der Waals surface area contributed by atoms with Gasteiger partial charge in [0, 0.05) is 30.7 Å². The number of aliphatic hydroxyl groups excluding tert-OH is 2. The van der Waals surface area contributed by atoms with Crippen LogP contribution in [0.4, 0.5) is 0 Å². The van der Waals surface area contributed by atoms with Gasteiger partial charge in [0.05, 0.1) is 49.2 Å². The lowest BCUT2D eigenvalue weighted by atomic mass is 9.44. The Hall–Kier alpha value is -6.20. The first-order chi connectivity index (χ1) is 31.3. The average molecular weight is 908 g/mol. The molecule has 3 aliphatic carbocycles. The van der Waals surface area contributed by atoms with Gasteiger partial charge in [-0.25, -0.2) is 9.59 Å². The molecule has 2 saturated carbocycles. The number of carbonyl (C=O) groups excluding carboxylic acids is 6. The largest absolute Gasteiger partial charge is 0.497 e. The number of aliphatic hydroxyl groups is 3. The fourth-order valence-corrected chi connectivity index (χ4v) is 10.9. The summed E-state index contributed by atoms with van der Waals surface area (Å²) in [6, 6.07) is 19.3. The summed E-state index contributed by atoms with van der Waals surface area (Å²) in [5.74, 6) is -6.78. The zero-order valence-electron chi connectivity index (χ0n) is 37.3. The van der Waals surface area contributed by atoms with Crippen LogP contribution in [0.2, 0.25) is 0 Å². The van der Waals surface area contributed by atoms with Crippen molar-refractivity contribution >= 4 is 41.6 Å². The maximum atomic E-state index is 15.7. The van der Waals surface area contributed by atoms with E-state index in [0.717, 1.165) is 6.92 Å². The minimum Gasteiger partial charge on any atom is -0.497 e. The van der Waals surface area contributed by atoms with Crippen LogP contribution in [0.15, 0.2) is 96.1 Å². The van der Waals surface area contributed by atoms with E-state index in [1.165, 1.54) is 39.2 Å². The highest BCUT2D eigenvalue weighted by Crippen LogP contribution is 2.64. The highest BCUT2D eigenvalue weighted by Gasteiger charge is 2.78. The van der Waals surface area contributed by atoms with Crippen LogP contribution >= 0.6 is 0 Å². The zero-order chi connectivity index (χ0) is 47.5. The molecule has 66 heavy (non-hydrogen) atoms. The SMILES string of the molecule is COc1cccc(C(=O)OC2C3C45COC4CC(O)C3(C)C(=O)C(OC(C)=O)C3=C(C)C(CC2(O)C3(C)C)OC(=O)C(O)C(NC(=O)c2ccccc2)c2ccccc2C=CCC(=O)O5)c1. The fraction of sp³-hybridized carbons (Fsp3) is 0.440. The number of methoxy groups -OCH3 is 1. The van der Waals surface area contributed by atoms with Crippen molar-refractivity contribution in [1.82, 2.24) is 5.32 Å². The molecule has 11 atom stereocenters. The van der Waals surface area contributed by atoms with Crippen molar-refractivity contribution in [2.24, 2.45) is 16.7 Å². The molecule has 16 nitrogen and oxygen atoms in total. The van der Waals surface area contributed by atoms with E-state index in [1.807, 2.05) is 0 Å². The molecule has 0 radical (unpaired) electrons. The van der Waals surface area contributed by atoms with E-state index < -0.39 is 113 Å². The van der Waals surface area contributed by atoms with Gasteiger partial charge in [-0.15, -0.1) is 0 Å². The van der Waals surface area contributed by atoms with Gasteiger partial charge in [0.15, 0.2) is 23.6 Å². The minimum absolute atomic E-state index is 0.0162. The number of ether oxygens (including phenoxy) is 6. The maximum Gasteiger partial charge on any atom is 0.338 e. The summed E-state index contributed by atoms with van der Waals surface area (Å²) in [7, 11) is 1.41. The second kappa shape index (κ2) is 17.2. The second-order valence-corrected chi connectivity index (χ2v) is 18.4. The average Bonchev–Trinajstić information content (AvgIpc) is 3.29. The number of carbonyl (C=O) groups is 6. The van der Waals surface area contributed by atoms with Crippen LogP contribution in [0.3, 0.4) is 0 Å². The first-order valence-electron chi connectivity index (χ1n) is 21.8. The Morgan fingerprint density at radius 2 is 1.59 bits per heavy atom. The molecule has 3 aromatic rings. The summed E-state index contributed by atoms with van der Waals surface area (Å²) in [5.41, 5.74) is -7.06. The van der Waals surface area contributed by atoms with E-state index in [2.05, 4.69) is 5.32 Å². The molecule has 4 bridgehead atoms. The van der Waals surface area contributed by atoms with Gasteiger partial charge in [-0.2, -0.15) is 0 Å². The summed E-state index contributed by atoms with van der Waals surface area (Å²) >= 11 is 0. The smallest absolute Gasteiger partial charge is 0.338 e. The lowest BCUT2D eigenvalue weighted by molar-refractivity contribution is -0.346. The van der Waals surface area contributed by atoms with Crippen molar-refractivity contribution in [1.29, 1.82) is 0 Å². The summed E-state index contributed by atoms with van der Waals surface area (Å²) in [6.45, 7) is 6.78. The maximum absolute atomic E-state index is 15.7. The standard InChI is InChI=1S/C50H53NO15/c1-26-33-24-50(60)43(65-45(58)30-18-12-19-31(22-30)61-6)41-48(5,42(56)40(63-27(2)52)37(26)47(50,3)4)34(53)23-35-49(41,25-62-35)66-36(54)21-13-17-28-14-10-11-20-32(28)38(39(55)46(59)64-33)51-44(57)29-15-8-7-9-16-29/h7-20,22,33-35,38-41,43,53,55,60H,21,23-25H2,1-6H3,(H,51,57). The minimum atomic E-state index is -2.44. The van der Waals surface area contributed by atoms with E-state index in [0.29, 0.717) is 11.3 Å². The third kappa shape index (κ3) is 7.49. The Morgan fingerprint density at radius 3 is 2.27 bits per heavy atom. The molecule has 3 aromatic carbocycles. The van der Waals surface area contributed by atoms with E-state index >= 15 is 4.79 Å². The molecule has 8 rings (SSSR count). The molecular formula is C50H53NO15. The molecule has 0 aromatic heterocycles. The van der Waals surface area contributed by atoms with Gasteiger partial charge in [-0.1, -0.05) is 74.5 Å². The molecular weight excluding hydrogens is 855 g/mol. The molecule has 16 heteroatoms. The molecule has 5 aliphatic rings. The fourth-order valence-electron chi connectivity index (χ4n) is 10.9. The number of nitrogens with one attached hydrogen (secondary N) is 1. The summed E-state index contributed by atoms with van der Waals surface area (Å²) in [4.78, 5) is 86.0. The highest BCUT2D eigenvalue weighted by molar-refractivity contribution is 5.96. The predicted octanol–water partition coefficient (Wildman–Crippen LogP) is 4.14. The van der Waals surface area contributed by atoms with E-state index in [-0.39, 0.29) is 47.3 Å². The summed E-state index contributed by atoms with van der Waals surface area (Å²) in [5, 5.41) is 41.0. The van der Waals surface area contributed by atoms with Crippen LogP contribution in [0.25, 0.3) is 6.08 Å². The van der Waals surface area contributed by atoms with Gasteiger partial charge in [0.25, 0.3) is 5.91 Å². The van der Waals surface area contributed by atoms with E-state index in [9.17, 15) is 39.3 Å².